The second-order valence-corrected chi connectivity index (χ2v) is 8.74. The van der Waals surface area contributed by atoms with Crippen molar-refractivity contribution in [3.63, 3.8) is 0 Å². The van der Waals surface area contributed by atoms with Gasteiger partial charge in [0.2, 0.25) is 5.91 Å². The van der Waals surface area contributed by atoms with Gasteiger partial charge in [0.15, 0.2) is 5.96 Å². The first kappa shape index (κ1) is 22.6. The molecule has 166 valence electrons. The molecule has 0 bridgehead atoms. The lowest BCUT2D eigenvalue weighted by atomic mass is 9.99. The van der Waals surface area contributed by atoms with E-state index in [2.05, 4.69) is 51.7 Å². The van der Waals surface area contributed by atoms with Crippen LogP contribution in [-0.4, -0.2) is 68.0 Å². The number of guanidine groups is 1. The van der Waals surface area contributed by atoms with Crippen molar-refractivity contribution < 1.29 is 4.79 Å². The van der Waals surface area contributed by atoms with Crippen molar-refractivity contribution in [2.45, 2.75) is 52.0 Å². The lowest BCUT2D eigenvalue weighted by Gasteiger charge is -2.30. The number of rotatable bonds is 8. The molecule has 1 amide bonds. The smallest absolute Gasteiger partial charge is 0.222 e. The first-order valence-corrected chi connectivity index (χ1v) is 11.7. The molecule has 2 N–H and O–H groups in total. The minimum atomic E-state index is 0.255. The fraction of sp³-hybridized carbons (Fsp3) is 0.667. The Kier molecular flexibility index (Phi) is 9.00. The molecular weight excluding hydrogens is 374 g/mol. The largest absolute Gasteiger partial charge is 0.356 e. The highest BCUT2D eigenvalue weighted by Crippen LogP contribution is 2.19. The SMILES string of the molecule is CN=C(NCCCC(=O)N1CCc2ccccc2C1)NCCCN1CCC(C)CC1. The summed E-state index contributed by atoms with van der Waals surface area (Å²) in [6.45, 7) is 9.27. The zero-order valence-corrected chi connectivity index (χ0v) is 18.8. The monoisotopic (exact) mass is 413 g/mol. The van der Waals surface area contributed by atoms with Gasteiger partial charge in [-0.25, -0.2) is 0 Å². The average molecular weight is 414 g/mol. The molecule has 2 aliphatic heterocycles. The predicted molar refractivity (Wildman–Crippen MR) is 124 cm³/mol. The summed E-state index contributed by atoms with van der Waals surface area (Å²) in [6, 6.07) is 8.45. The maximum absolute atomic E-state index is 12.6. The normalized spacial score (nSPS) is 18.2. The molecule has 30 heavy (non-hydrogen) atoms. The van der Waals surface area contributed by atoms with Crippen molar-refractivity contribution in [1.29, 1.82) is 0 Å². The number of hydrogen-bond acceptors (Lipinski definition) is 3. The van der Waals surface area contributed by atoms with E-state index in [1.54, 1.807) is 7.05 Å². The first-order valence-electron chi connectivity index (χ1n) is 11.7. The van der Waals surface area contributed by atoms with E-state index in [1.807, 2.05) is 4.90 Å². The van der Waals surface area contributed by atoms with Crippen LogP contribution in [0, 0.1) is 5.92 Å². The zero-order chi connectivity index (χ0) is 21.2. The molecule has 0 spiro atoms. The molecule has 2 aliphatic rings. The van der Waals surface area contributed by atoms with E-state index in [9.17, 15) is 4.79 Å². The number of carbonyl (C=O) groups is 1. The predicted octanol–water partition coefficient (Wildman–Crippen LogP) is 2.64. The van der Waals surface area contributed by atoms with Gasteiger partial charge in [-0.2, -0.15) is 0 Å². The highest BCUT2D eigenvalue weighted by molar-refractivity contribution is 5.80. The van der Waals surface area contributed by atoms with Crippen molar-refractivity contribution in [3.8, 4) is 0 Å². The summed E-state index contributed by atoms with van der Waals surface area (Å²) in [5.74, 6) is 1.98. The molecule has 0 aliphatic carbocycles. The van der Waals surface area contributed by atoms with Gasteiger partial charge in [0.1, 0.15) is 0 Å². The molecule has 0 radical (unpaired) electrons. The summed E-state index contributed by atoms with van der Waals surface area (Å²) < 4.78 is 0. The number of nitrogens with one attached hydrogen (secondary N) is 2. The van der Waals surface area contributed by atoms with Crippen molar-refractivity contribution in [1.82, 2.24) is 20.4 Å². The number of piperidine rings is 1. The molecule has 0 saturated carbocycles. The minimum Gasteiger partial charge on any atom is -0.356 e. The number of nitrogens with zero attached hydrogens (tertiary/aromatic N) is 3. The Morgan fingerprint density at radius 1 is 1.07 bits per heavy atom. The van der Waals surface area contributed by atoms with Crippen molar-refractivity contribution >= 4 is 11.9 Å². The van der Waals surface area contributed by atoms with Crippen LogP contribution in [0.15, 0.2) is 29.3 Å². The van der Waals surface area contributed by atoms with Gasteiger partial charge in [-0.1, -0.05) is 31.2 Å². The number of benzene rings is 1. The Labute approximate surface area is 182 Å². The van der Waals surface area contributed by atoms with Crippen LogP contribution < -0.4 is 10.6 Å². The number of fused-ring (bicyclic) bond motifs is 1. The molecule has 6 heteroatoms. The number of aliphatic imine (C=N–C) groups is 1. The molecular formula is C24H39N5O. The number of carbonyl (C=O) groups excluding carboxylic acids is 1. The van der Waals surface area contributed by atoms with Gasteiger partial charge in [-0.15, -0.1) is 0 Å². The van der Waals surface area contributed by atoms with E-state index in [0.717, 1.165) is 63.9 Å². The summed E-state index contributed by atoms with van der Waals surface area (Å²) in [7, 11) is 1.80. The summed E-state index contributed by atoms with van der Waals surface area (Å²) in [4.78, 5) is 21.4. The third kappa shape index (κ3) is 7.01. The summed E-state index contributed by atoms with van der Waals surface area (Å²) >= 11 is 0. The van der Waals surface area contributed by atoms with Crippen LogP contribution in [0.1, 0.15) is 50.2 Å². The maximum atomic E-state index is 12.6. The second-order valence-electron chi connectivity index (χ2n) is 8.74. The lowest BCUT2D eigenvalue weighted by molar-refractivity contribution is -0.132. The van der Waals surface area contributed by atoms with E-state index in [4.69, 9.17) is 0 Å². The quantitative estimate of drug-likeness (QED) is 0.391. The van der Waals surface area contributed by atoms with E-state index < -0.39 is 0 Å². The molecule has 2 heterocycles. The Hall–Kier alpha value is -2.08. The molecule has 3 rings (SSSR count). The van der Waals surface area contributed by atoms with Crippen molar-refractivity contribution in [2.24, 2.45) is 10.9 Å². The van der Waals surface area contributed by atoms with E-state index >= 15 is 0 Å². The van der Waals surface area contributed by atoms with Crippen LogP contribution in [0.5, 0.6) is 0 Å². The zero-order valence-electron chi connectivity index (χ0n) is 18.8. The molecule has 1 aromatic rings. The third-order valence-corrected chi connectivity index (χ3v) is 6.39. The minimum absolute atomic E-state index is 0.255. The Balaban J connectivity index is 1.25. The number of amides is 1. The van der Waals surface area contributed by atoms with E-state index in [1.165, 1.54) is 37.1 Å². The Morgan fingerprint density at radius 3 is 2.50 bits per heavy atom. The molecule has 1 saturated heterocycles. The van der Waals surface area contributed by atoms with Crippen LogP contribution in [-0.2, 0) is 17.8 Å². The fourth-order valence-corrected chi connectivity index (χ4v) is 4.33. The van der Waals surface area contributed by atoms with E-state index in [-0.39, 0.29) is 5.91 Å². The number of likely N-dealkylation sites (tertiary alicyclic amines) is 1. The summed E-state index contributed by atoms with van der Waals surface area (Å²) in [5.41, 5.74) is 2.67. The van der Waals surface area contributed by atoms with Crippen LogP contribution in [0.4, 0.5) is 0 Å². The van der Waals surface area contributed by atoms with E-state index in [0.29, 0.717) is 6.42 Å². The standard InChI is InChI=1S/C24H39N5O/c1-20-10-16-28(17-11-20)15-6-14-27-24(25-2)26-13-5-9-23(30)29-18-12-21-7-3-4-8-22(21)19-29/h3-4,7-8,20H,5-6,9-19H2,1-2H3,(H2,25,26,27). The van der Waals surface area contributed by atoms with Gasteiger partial charge in [0, 0.05) is 39.6 Å². The maximum Gasteiger partial charge on any atom is 0.222 e. The molecule has 0 unspecified atom stereocenters. The average Bonchev–Trinajstić information content (AvgIpc) is 2.78. The van der Waals surface area contributed by atoms with Gasteiger partial charge in [-0.3, -0.25) is 9.79 Å². The second kappa shape index (κ2) is 11.9. The van der Waals surface area contributed by atoms with Crippen LogP contribution in [0.3, 0.4) is 0 Å². The van der Waals surface area contributed by atoms with Crippen molar-refractivity contribution in [3.05, 3.63) is 35.4 Å². The van der Waals surface area contributed by atoms with Crippen LogP contribution in [0.25, 0.3) is 0 Å². The molecule has 1 aromatic carbocycles. The summed E-state index contributed by atoms with van der Waals surface area (Å²) in [5, 5.41) is 6.74. The van der Waals surface area contributed by atoms with Gasteiger partial charge in [-0.05, 0) is 68.8 Å². The molecule has 0 atom stereocenters. The van der Waals surface area contributed by atoms with Gasteiger partial charge in [0.25, 0.3) is 0 Å². The first-order chi connectivity index (χ1) is 14.7. The Bertz CT molecular complexity index is 697. The topological polar surface area (TPSA) is 60.0 Å². The molecule has 1 fully saturated rings. The fourth-order valence-electron chi connectivity index (χ4n) is 4.33. The lowest BCUT2D eigenvalue weighted by Crippen LogP contribution is -2.40. The number of hydrogen-bond donors (Lipinski definition) is 2. The highest BCUT2D eigenvalue weighted by Gasteiger charge is 2.19. The highest BCUT2D eigenvalue weighted by atomic mass is 16.2. The van der Waals surface area contributed by atoms with Gasteiger partial charge in [0.05, 0.1) is 0 Å². The van der Waals surface area contributed by atoms with Crippen molar-refractivity contribution in [2.75, 3.05) is 46.3 Å². The van der Waals surface area contributed by atoms with Gasteiger partial charge < -0.3 is 20.4 Å². The summed E-state index contributed by atoms with van der Waals surface area (Å²) in [6.07, 6.45) is 6.17. The third-order valence-electron chi connectivity index (χ3n) is 6.39. The van der Waals surface area contributed by atoms with Crippen LogP contribution >= 0.6 is 0 Å². The Morgan fingerprint density at radius 2 is 1.77 bits per heavy atom. The molecule has 6 nitrogen and oxygen atoms in total. The molecule has 0 aromatic heterocycles. The van der Waals surface area contributed by atoms with Gasteiger partial charge >= 0.3 is 0 Å². The van der Waals surface area contributed by atoms with Crippen LogP contribution in [0.2, 0.25) is 0 Å².